The van der Waals surface area contributed by atoms with Gasteiger partial charge in [0, 0.05) is 10.5 Å². The molecule has 6 nitrogen and oxygen atoms in total. The summed E-state index contributed by atoms with van der Waals surface area (Å²) in [6.45, 7) is 8.17. The van der Waals surface area contributed by atoms with E-state index in [1.165, 1.54) is 11.3 Å². The summed E-state index contributed by atoms with van der Waals surface area (Å²) in [5.74, 6) is 0.278. The van der Waals surface area contributed by atoms with E-state index in [4.69, 9.17) is 14.5 Å². The second-order valence-electron chi connectivity index (χ2n) is 10.2. The van der Waals surface area contributed by atoms with Crippen LogP contribution in [0.1, 0.15) is 57.7 Å². The van der Waals surface area contributed by atoms with Crippen molar-refractivity contribution in [2.45, 2.75) is 57.6 Å². The Morgan fingerprint density at radius 1 is 1.12 bits per heavy atom. The molecule has 1 atom stereocenters. The van der Waals surface area contributed by atoms with Gasteiger partial charge in [-0.05, 0) is 74.1 Å². The van der Waals surface area contributed by atoms with Gasteiger partial charge in [0.2, 0.25) is 0 Å². The molecule has 0 bridgehead atoms. The summed E-state index contributed by atoms with van der Waals surface area (Å²) in [6.07, 6.45) is 5.59. The van der Waals surface area contributed by atoms with Gasteiger partial charge in [0.05, 0.1) is 34.6 Å². The molecule has 0 aliphatic carbocycles. The zero-order valence-corrected chi connectivity index (χ0v) is 25.6. The molecule has 0 saturated carbocycles. The fraction of sp³-hybridized carbons (Fsp3) is 0.303. The number of thioether (sulfide) groups is 1. The van der Waals surface area contributed by atoms with Crippen LogP contribution in [0.2, 0.25) is 0 Å². The van der Waals surface area contributed by atoms with E-state index >= 15 is 0 Å². The van der Waals surface area contributed by atoms with Crippen LogP contribution in [-0.2, 0) is 9.53 Å². The van der Waals surface area contributed by atoms with Crippen molar-refractivity contribution >= 4 is 45.9 Å². The number of carbonyl (C=O) groups is 1. The van der Waals surface area contributed by atoms with E-state index in [0.29, 0.717) is 27.2 Å². The molecule has 8 heteroatoms. The van der Waals surface area contributed by atoms with Gasteiger partial charge in [0.25, 0.3) is 5.56 Å². The Morgan fingerprint density at radius 3 is 2.59 bits per heavy atom. The smallest absolute Gasteiger partial charge is 0.338 e. The van der Waals surface area contributed by atoms with Crippen molar-refractivity contribution < 1.29 is 14.3 Å². The van der Waals surface area contributed by atoms with Gasteiger partial charge in [-0.3, -0.25) is 9.36 Å². The van der Waals surface area contributed by atoms with Crippen molar-refractivity contribution in [1.82, 2.24) is 4.57 Å². The largest absolute Gasteiger partial charge is 0.493 e. The molecule has 2 heterocycles. The Hall–Kier alpha value is -3.62. The third-order valence-electron chi connectivity index (χ3n) is 6.98. The van der Waals surface area contributed by atoms with Crippen LogP contribution in [0.5, 0.6) is 5.75 Å². The zero-order chi connectivity index (χ0) is 29.1. The molecule has 41 heavy (non-hydrogen) atoms. The highest BCUT2D eigenvalue weighted by molar-refractivity contribution is 7.98. The second-order valence-corrected chi connectivity index (χ2v) is 12.1. The van der Waals surface area contributed by atoms with Crippen molar-refractivity contribution in [2.24, 2.45) is 4.99 Å². The lowest BCUT2D eigenvalue weighted by Gasteiger charge is -2.25. The number of rotatable bonds is 9. The van der Waals surface area contributed by atoms with E-state index in [0.717, 1.165) is 45.4 Å². The Kier molecular flexibility index (Phi) is 8.80. The number of unbranched alkanes of at least 4 members (excludes halogenated alkanes) is 1. The maximum atomic E-state index is 14.2. The van der Waals surface area contributed by atoms with Crippen molar-refractivity contribution in [3.8, 4) is 5.75 Å². The number of carbonyl (C=O) groups excluding carboxylic acids is 1. The fourth-order valence-electron chi connectivity index (χ4n) is 4.97. The van der Waals surface area contributed by atoms with Crippen LogP contribution in [0.3, 0.4) is 0 Å². The van der Waals surface area contributed by atoms with Gasteiger partial charge in [-0.25, -0.2) is 9.79 Å². The Labute approximate surface area is 248 Å². The second kappa shape index (κ2) is 12.5. The minimum absolute atomic E-state index is 0.206. The number of allylic oxidation sites excluding steroid dienone is 1. The first-order valence-corrected chi connectivity index (χ1v) is 15.9. The van der Waals surface area contributed by atoms with Crippen molar-refractivity contribution in [3.05, 3.63) is 103 Å². The molecule has 5 rings (SSSR count). The molecule has 4 aromatic rings. The Bertz CT molecular complexity index is 1800. The van der Waals surface area contributed by atoms with Crippen molar-refractivity contribution in [1.29, 1.82) is 0 Å². The maximum absolute atomic E-state index is 14.2. The molecule has 212 valence electrons. The number of benzene rings is 3. The third-order valence-corrected chi connectivity index (χ3v) is 8.70. The van der Waals surface area contributed by atoms with E-state index in [1.807, 2.05) is 87.7 Å². The van der Waals surface area contributed by atoms with Gasteiger partial charge in [0.1, 0.15) is 5.75 Å². The molecule has 0 spiro atoms. The summed E-state index contributed by atoms with van der Waals surface area (Å²) in [4.78, 5) is 34.0. The van der Waals surface area contributed by atoms with Crippen LogP contribution in [-0.4, -0.2) is 29.5 Å². The lowest BCUT2D eigenvalue weighted by molar-refractivity contribution is -0.143. The van der Waals surface area contributed by atoms with Crippen LogP contribution in [0.25, 0.3) is 16.8 Å². The van der Waals surface area contributed by atoms with E-state index in [2.05, 4.69) is 13.0 Å². The number of aromatic nitrogens is 1. The fourth-order valence-corrected chi connectivity index (χ4v) is 6.41. The number of fused-ring (bicyclic) bond motifs is 2. The van der Waals surface area contributed by atoms with Gasteiger partial charge in [-0.2, -0.15) is 0 Å². The van der Waals surface area contributed by atoms with Gasteiger partial charge in [-0.15, -0.1) is 11.8 Å². The summed E-state index contributed by atoms with van der Waals surface area (Å²) in [5, 5.41) is 2.07. The van der Waals surface area contributed by atoms with E-state index in [1.54, 1.807) is 16.3 Å². The maximum Gasteiger partial charge on any atom is 0.338 e. The molecule has 1 aliphatic rings. The van der Waals surface area contributed by atoms with Gasteiger partial charge >= 0.3 is 5.97 Å². The summed E-state index contributed by atoms with van der Waals surface area (Å²) in [7, 11) is 0. The molecular weight excluding hydrogens is 553 g/mol. The number of hydrogen-bond donors (Lipinski definition) is 0. The number of esters is 1. The highest BCUT2D eigenvalue weighted by Gasteiger charge is 2.33. The summed E-state index contributed by atoms with van der Waals surface area (Å²) in [5.41, 5.74) is 2.41. The molecule has 1 aromatic heterocycles. The summed E-state index contributed by atoms with van der Waals surface area (Å²) < 4.78 is 14.0. The van der Waals surface area contributed by atoms with Crippen molar-refractivity contribution in [3.63, 3.8) is 0 Å². The lowest BCUT2D eigenvalue weighted by atomic mass is 9.96. The number of thiazole rings is 1. The summed E-state index contributed by atoms with van der Waals surface area (Å²) >= 11 is 2.96. The van der Waals surface area contributed by atoms with Gasteiger partial charge in [0.15, 0.2) is 4.80 Å². The first kappa shape index (κ1) is 28.9. The molecular formula is C33H34N2O4S2. The predicted molar refractivity (Wildman–Crippen MR) is 168 cm³/mol. The molecule has 0 amide bonds. The Balaban J connectivity index is 1.72. The zero-order valence-electron chi connectivity index (χ0n) is 24.0. The predicted octanol–water partition coefficient (Wildman–Crippen LogP) is 6.24. The molecule has 3 aromatic carbocycles. The molecule has 0 radical (unpaired) electrons. The molecule has 0 N–H and O–H groups in total. The van der Waals surface area contributed by atoms with E-state index in [9.17, 15) is 9.59 Å². The first-order chi connectivity index (χ1) is 19.8. The molecule has 1 aliphatic heterocycles. The van der Waals surface area contributed by atoms with Crippen LogP contribution < -0.4 is 19.6 Å². The SMILES string of the molecule is CCCCOc1ccc2ccccc2c1/C=c1/sc2n(c1=O)[C@@H](c1ccc(SC)cc1)C(C(=O)OC(C)C)=C(C)N=2. The average Bonchev–Trinajstić information content (AvgIpc) is 3.27. The summed E-state index contributed by atoms with van der Waals surface area (Å²) in [6, 6.07) is 19.4. The van der Waals surface area contributed by atoms with Gasteiger partial charge in [-0.1, -0.05) is 67.1 Å². The number of ether oxygens (including phenoxy) is 2. The topological polar surface area (TPSA) is 69.9 Å². The quantitative estimate of drug-likeness (QED) is 0.132. The highest BCUT2D eigenvalue weighted by Crippen LogP contribution is 2.33. The lowest BCUT2D eigenvalue weighted by Crippen LogP contribution is -2.40. The highest BCUT2D eigenvalue weighted by atomic mass is 32.2. The normalized spacial score (nSPS) is 15.3. The monoisotopic (exact) mass is 586 g/mol. The van der Waals surface area contributed by atoms with E-state index in [-0.39, 0.29) is 11.7 Å². The minimum atomic E-state index is -0.650. The number of nitrogens with zero attached hydrogens (tertiary/aromatic N) is 2. The van der Waals surface area contributed by atoms with Crippen LogP contribution in [0.4, 0.5) is 0 Å². The molecule has 0 unspecified atom stereocenters. The Morgan fingerprint density at radius 2 is 1.88 bits per heavy atom. The minimum Gasteiger partial charge on any atom is -0.493 e. The van der Waals surface area contributed by atoms with Crippen LogP contribution in [0.15, 0.2) is 86.6 Å². The standard InChI is InChI=1S/C33H34N2O4S2/c1-6-7-18-38-27-17-14-22-10-8-9-11-25(22)26(27)19-28-31(36)35-30(23-12-15-24(40-5)16-13-23)29(32(37)39-20(2)3)21(4)34-33(35)41-28/h8-17,19-20,30H,6-7,18H2,1-5H3/b28-19+/t30-/m0/s1. The van der Waals surface area contributed by atoms with Crippen molar-refractivity contribution in [2.75, 3.05) is 12.9 Å². The molecule has 0 fully saturated rings. The molecule has 0 saturated heterocycles. The number of hydrogen-bond acceptors (Lipinski definition) is 7. The first-order valence-electron chi connectivity index (χ1n) is 13.8. The third kappa shape index (κ3) is 5.90. The van der Waals surface area contributed by atoms with Crippen LogP contribution >= 0.6 is 23.1 Å². The van der Waals surface area contributed by atoms with Crippen LogP contribution in [0, 0.1) is 0 Å². The average molecular weight is 587 g/mol. The van der Waals surface area contributed by atoms with E-state index < -0.39 is 12.0 Å². The van der Waals surface area contributed by atoms with Gasteiger partial charge < -0.3 is 9.47 Å².